The lowest BCUT2D eigenvalue weighted by atomic mass is 10.1. The molecule has 1 unspecified atom stereocenters. The number of fused-ring (bicyclic) bond motifs is 1. The summed E-state index contributed by atoms with van der Waals surface area (Å²) < 4.78 is 1.68. The molecule has 0 aliphatic heterocycles. The van der Waals surface area contributed by atoms with Gasteiger partial charge in [-0.05, 0) is 55.5 Å². The summed E-state index contributed by atoms with van der Waals surface area (Å²) in [7, 11) is 0. The van der Waals surface area contributed by atoms with Crippen molar-refractivity contribution in [2.75, 3.05) is 0 Å². The van der Waals surface area contributed by atoms with E-state index in [0.717, 1.165) is 35.2 Å². The van der Waals surface area contributed by atoms with Gasteiger partial charge in [-0.15, -0.1) is 0 Å². The average molecular weight is 456 g/mol. The van der Waals surface area contributed by atoms with Crippen LogP contribution in [0.25, 0.3) is 16.6 Å². The summed E-state index contributed by atoms with van der Waals surface area (Å²) in [4.78, 5) is 31.9. The Hall–Kier alpha value is -3.38. The molecule has 1 aliphatic carbocycles. The quantitative estimate of drug-likeness (QED) is 0.324. The second kappa shape index (κ2) is 8.87. The van der Waals surface area contributed by atoms with Gasteiger partial charge in [-0.2, -0.15) is 0 Å². The molecule has 0 bridgehead atoms. The molecule has 6 heteroatoms. The van der Waals surface area contributed by atoms with Crippen LogP contribution >= 0.6 is 11.8 Å². The van der Waals surface area contributed by atoms with Crippen LogP contribution in [0.4, 0.5) is 0 Å². The molecule has 0 saturated heterocycles. The molecule has 1 aliphatic rings. The van der Waals surface area contributed by atoms with Gasteiger partial charge in [0.15, 0.2) is 5.16 Å². The molecule has 1 N–H and O–H groups in total. The second-order valence-corrected chi connectivity index (χ2v) is 9.56. The molecule has 1 fully saturated rings. The van der Waals surface area contributed by atoms with Crippen LogP contribution in [-0.4, -0.2) is 21.5 Å². The van der Waals surface area contributed by atoms with Gasteiger partial charge in [-0.1, -0.05) is 72.4 Å². The van der Waals surface area contributed by atoms with Crippen LogP contribution in [0, 0.1) is 13.8 Å². The molecule has 3 aromatic carbocycles. The first-order chi connectivity index (χ1) is 16.0. The van der Waals surface area contributed by atoms with Gasteiger partial charge in [0, 0.05) is 6.04 Å². The van der Waals surface area contributed by atoms with Gasteiger partial charge in [0.1, 0.15) is 5.25 Å². The van der Waals surface area contributed by atoms with Gasteiger partial charge in [-0.3, -0.25) is 14.2 Å². The first-order valence-electron chi connectivity index (χ1n) is 11.1. The van der Waals surface area contributed by atoms with Crippen LogP contribution in [-0.2, 0) is 4.79 Å². The number of benzene rings is 3. The summed E-state index contributed by atoms with van der Waals surface area (Å²) in [5, 5.41) is 3.68. The summed E-state index contributed by atoms with van der Waals surface area (Å²) in [6.07, 6.45) is 2.03. The van der Waals surface area contributed by atoms with Crippen molar-refractivity contribution in [3.8, 4) is 5.69 Å². The maximum absolute atomic E-state index is 13.7. The number of hydrogen-bond donors (Lipinski definition) is 1. The SMILES string of the molecule is Cc1cccc(C)c1-n1c(SC(C(=O)NC2CC2)c2ccccc2)nc2ccccc2c1=O. The number of hydrogen-bond acceptors (Lipinski definition) is 4. The first-order valence-corrected chi connectivity index (χ1v) is 12.0. The number of aromatic nitrogens is 2. The fourth-order valence-corrected chi connectivity index (χ4v) is 5.17. The number of amides is 1. The van der Waals surface area contributed by atoms with Crippen LogP contribution in [0.5, 0.6) is 0 Å². The van der Waals surface area contributed by atoms with Crippen molar-refractivity contribution in [2.24, 2.45) is 0 Å². The largest absolute Gasteiger partial charge is 0.352 e. The van der Waals surface area contributed by atoms with Crippen molar-refractivity contribution in [3.63, 3.8) is 0 Å². The Morgan fingerprint density at radius 3 is 2.33 bits per heavy atom. The van der Waals surface area contributed by atoms with E-state index in [1.807, 2.05) is 80.6 Å². The number of nitrogens with one attached hydrogen (secondary N) is 1. The van der Waals surface area contributed by atoms with E-state index in [-0.39, 0.29) is 17.5 Å². The minimum Gasteiger partial charge on any atom is -0.352 e. The highest BCUT2D eigenvalue weighted by molar-refractivity contribution is 8.00. The van der Waals surface area contributed by atoms with Gasteiger partial charge < -0.3 is 5.32 Å². The van der Waals surface area contributed by atoms with E-state index < -0.39 is 5.25 Å². The third-order valence-electron chi connectivity index (χ3n) is 5.90. The number of carbonyl (C=O) groups is 1. The topological polar surface area (TPSA) is 64.0 Å². The number of para-hydroxylation sites is 2. The zero-order valence-corrected chi connectivity index (χ0v) is 19.4. The number of rotatable bonds is 6. The van der Waals surface area contributed by atoms with Crippen LogP contribution in [0.15, 0.2) is 82.7 Å². The number of thioether (sulfide) groups is 1. The lowest BCUT2D eigenvalue weighted by molar-refractivity contribution is -0.120. The van der Waals surface area contributed by atoms with E-state index in [1.54, 1.807) is 10.6 Å². The molecular formula is C27H25N3O2S. The molecule has 5 rings (SSSR count). The maximum Gasteiger partial charge on any atom is 0.266 e. The van der Waals surface area contributed by atoms with Crippen molar-refractivity contribution in [2.45, 2.75) is 43.1 Å². The minimum atomic E-state index is -0.518. The molecule has 1 heterocycles. The van der Waals surface area contributed by atoms with E-state index in [2.05, 4.69) is 5.32 Å². The second-order valence-electron chi connectivity index (χ2n) is 8.48. The van der Waals surface area contributed by atoms with Crippen molar-refractivity contribution < 1.29 is 4.79 Å². The first kappa shape index (κ1) is 21.5. The highest BCUT2D eigenvalue weighted by atomic mass is 32.2. The Labute approximate surface area is 196 Å². The van der Waals surface area contributed by atoms with Crippen LogP contribution < -0.4 is 10.9 Å². The monoisotopic (exact) mass is 455 g/mol. The van der Waals surface area contributed by atoms with Crippen LogP contribution in [0.2, 0.25) is 0 Å². The molecule has 0 radical (unpaired) electrons. The van der Waals surface area contributed by atoms with Gasteiger partial charge in [-0.25, -0.2) is 4.98 Å². The average Bonchev–Trinajstić information content (AvgIpc) is 3.63. The van der Waals surface area contributed by atoms with E-state index in [9.17, 15) is 9.59 Å². The molecule has 4 aromatic rings. The Kier molecular flexibility index (Phi) is 5.77. The summed E-state index contributed by atoms with van der Waals surface area (Å²) in [5.74, 6) is -0.0517. The van der Waals surface area contributed by atoms with E-state index in [0.29, 0.717) is 16.1 Å². The molecule has 1 atom stereocenters. The van der Waals surface area contributed by atoms with Crippen molar-refractivity contribution in [1.29, 1.82) is 0 Å². The molecule has 1 saturated carbocycles. The normalized spacial score (nSPS) is 14.2. The predicted molar refractivity (Wildman–Crippen MR) is 133 cm³/mol. The predicted octanol–water partition coefficient (Wildman–Crippen LogP) is 5.11. The molecular weight excluding hydrogens is 430 g/mol. The Morgan fingerprint density at radius 1 is 0.970 bits per heavy atom. The third-order valence-corrected chi connectivity index (χ3v) is 7.10. The van der Waals surface area contributed by atoms with E-state index >= 15 is 0 Å². The highest BCUT2D eigenvalue weighted by Gasteiger charge is 2.31. The Balaban J connectivity index is 1.70. The zero-order chi connectivity index (χ0) is 22.9. The summed E-state index contributed by atoms with van der Waals surface area (Å²) in [6, 6.07) is 23.3. The number of aryl methyl sites for hydroxylation is 2. The molecule has 1 aromatic heterocycles. The maximum atomic E-state index is 13.7. The van der Waals surface area contributed by atoms with E-state index in [1.165, 1.54) is 11.8 Å². The fraction of sp³-hybridized carbons (Fsp3) is 0.222. The molecule has 0 spiro atoms. The minimum absolute atomic E-state index is 0.0517. The van der Waals surface area contributed by atoms with Gasteiger partial charge >= 0.3 is 0 Å². The van der Waals surface area contributed by atoms with Crippen molar-refractivity contribution in [3.05, 3.63) is 99.8 Å². The lowest BCUT2D eigenvalue weighted by Crippen LogP contribution is -2.30. The lowest BCUT2D eigenvalue weighted by Gasteiger charge is -2.21. The van der Waals surface area contributed by atoms with Crippen LogP contribution in [0.3, 0.4) is 0 Å². The van der Waals surface area contributed by atoms with E-state index in [4.69, 9.17) is 4.98 Å². The van der Waals surface area contributed by atoms with Crippen molar-refractivity contribution >= 4 is 28.6 Å². The van der Waals surface area contributed by atoms with Crippen molar-refractivity contribution in [1.82, 2.24) is 14.9 Å². The molecule has 5 nitrogen and oxygen atoms in total. The van der Waals surface area contributed by atoms with Crippen LogP contribution in [0.1, 0.15) is 34.8 Å². The van der Waals surface area contributed by atoms with Gasteiger partial charge in [0.2, 0.25) is 5.91 Å². The molecule has 1 amide bonds. The smallest absolute Gasteiger partial charge is 0.266 e. The van der Waals surface area contributed by atoms with Gasteiger partial charge in [0.05, 0.1) is 16.6 Å². The Bertz CT molecular complexity index is 1370. The fourth-order valence-electron chi connectivity index (χ4n) is 4.06. The van der Waals surface area contributed by atoms with Gasteiger partial charge in [0.25, 0.3) is 5.56 Å². The number of nitrogens with zero attached hydrogens (tertiary/aromatic N) is 2. The molecule has 33 heavy (non-hydrogen) atoms. The summed E-state index contributed by atoms with van der Waals surface area (Å²) >= 11 is 1.33. The highest BCUT2D eigenvalue weighted by Crippen LogP contribution is 2.37. The Morgan fingerprint density at radius 2 is 1.64 bits per heavy atom. The zero-order valence-electron chi connectivity index (χ0n) is 18.6. The number of carbonyl (C=O) groups excluding carboxylic acids is 1. The summed E-state index contributed by atoms with van der Waals surface area (Å²) in [5.41, 5.74) is 4.16. The summed E-state index contributed by atoms with van der Waals surface area (Å²) in [6.45, 7) is 3.99. The molecule has 166 valence electrons. The third kappa shape index (κ3) is 4.31. The standard InChI is InChI=1S/C27H25N3O2S/c1-17-9-8-10-18(2)23(17)30-26(32)21-13-6-7-14-22(21)29-27(30)33-24(19-11-4-3-5-12-19)25(31)28-20-15-16-20/h3-14,20,24H,15-16H2,1-2H3,(H,28,31).